The van der Waals surface area contributed by atoms with Gasteiger partial charge >= 0.3 is 5.69 Å². The molecule has 0 saturated carbocycles. The number of imidazole rings is 1. The standard InChI is InChI=1S/C9H9N3O2/c13-8-7(11-9(14)12-8)4-6-2-1-3-10-5-6/h1-3,5,13H,4H2,(H2,11,12,14). The summed E-state index contributed by atoms with van der Waals surface area (Å²) in [7, 11) is 0. The molecule has 0 bridgehead atoms. The van der Waals surface area contributed by atoms with Crippen LogP contribution < -0.4 is 5.69 Å². The van der Waals surface area contributed by atoms with Crippen molar-refractivity contribution in [1.82, 2.24) is 15.0 Å². The lowest BCUT2D eigenvalue weighted by molar-refractivity contribution is 0.450. The van der Waals surface area contributed by atoms with Crippen LogP contribution in [0.1, 0.15) is 11.3 Å². The lowest BCUT2D eigenvalue weighted by Crippen LogP contribution is -2.01. The van der Waals surface area contributed by atoms with E-state index < -0.39 is 5.69 Å². The number of nitrogens with one attached hydrogen (secondary N) is 2. The van der Waals surface area contributed by atoms with Gasteiger partial charge in [-0.3, -0.25) is 9.97 Å². The second-order valence-electron chi connectivity index (χ2n) is 2.94. The van der Waals surface area contributed by atoms with E-state index in [1.165, 1.54) is 0 Å². The number of H-pyrrole nitrogens is 2. The van der Waals surface area contributed by atoms with Gasteiger partial charge in [0.05, 0.1) is 5.69 Å². The van der Waals surface area contributed by atoms with E-state index in [1.807, 2.05) is 6.07 Å². The first-order valence-corrected chi connectivity index (χ1v) is 4.15. The van der Waals surface area contributed by atoms with Crippen molar-refractivity contribution in [3.8, 4) is 5.88 Å². The van der Waals surface area contributed by atoms with Gasteiger partial charge in [-0.1, -0.05) is 6.07 Å². The summed E-state index contributed by atoms with van der Waals surface area (Å²) in [5, 5.41) is 9.29. The average Bonchev–Trinajstić information content (AvgIpc) is 2.47. The van der Waals surface area contributed by atoms with Crippen molar-refractivity contribution in [2.75, 3.05) is 0 Å². The Morgan fingerprint density at radius 2 is 2.29 bits per heavy atom. The first kappa shape index (κ1) is 8.55. The van der Waals surface area contributed by atoms with Crippen LogP contribution in [-0.4, -0.2) is 20.1 Å². The highest BCUT2D eigenvalue weighted by Gasteiger charge is 2.05. The van der Waals surface area contributed by atoms with Crippen molar-refractivity contribution in [2.45, 2.75) is 6.42 Å². The van der Waals surface area contributed by atoms with Crippen LogP contribution in [0, 0.1) is 0 Å². The molecule has 0 aliphatic heterocycles. The van der Waals surface area contributed by atoms with E-state index >= 15 is 0 Å². The van der Waals surface area contributed by atoms with Crippen LogP contribution in [0.5, 0.6) is 5.88 Å². The molecule has 3 N–H and O–H groups in total. The minimum atomic E-state index is -0.401. The monoisotopic (exact) mass is 191 g/mol. The van der Waals surface area contributed by atoms with Crippen LogP contribution in [0.3, 0.4) is 0 Å². The predicted molar refractivity (Wildman–Crippen MR) is 50.1 cm³/mol. The Morgan fingerprint density at radius 3 is 2.86 bits per heavy atom. The minimum absolute atomic E-state index is 0.112. The fourth-order valence-electron chi connectivity index (χ4n) is 1.25. The lowest BCUT2D eigenvalue weighted by Gasteiger charge is -1.97. The first-order chi connectivity index (χ1) is 6.75. The molecule has 5 nitrogen and oxygen atoms in total. The highest BCUT2D eigenvalue weighted by Crippen LogP contribution is 2.12. The van der Waals surface area contributed by atoms with E-state index in [0.717, 1.165) is 5.56 Å². The Bertz CT molecular complexity index is 472. The number of aromatic amines is 2. The van der Waals surface area contributed by atoms with Crippen LogP contribution in [0.4, 0.5) is 0 Å². The lowest BCUT2D eigenvalue weighted by atomic mass is 10.2. The summed E-state index contributed by atoms with van der Waals surface area (Å²) in [5.41, 5.74) is 1.00. The largest absolute Gasteiger partial charge is 0.493 e. The third-order valence-corrected chi connectivity index (χ3v) is 1.89. The first-order valence-electron chi connectivity index (χ1n) is 4.15. The summed E-state index contributed by atoms with van der Waals surface area (Å²) in [6, 6.07) is 3.68. The van der Waals surface area contributed by atoms with Gasteiger partial charge in [-0.25, -0.2) is 4.79 Å². The van der Waals surface area contributed by atoms with E-state index in [9.17, 15) is 9.90 Å². The van der Waals surface area contributed by atoms with Crippen molar-refractivity contribution < 1.29 is 5.11 Å². The molecule has 2 aromatic heterocycles. The summed E-state index contributed by atoms with van der Waals surface area (Å²) in [4.78, 5) is 19.5. The number of hydrogen-bond donors (Lipinski definition) is 3. The third-order valence-electron chi connectivity index (χ3n) is 1.89. The van der Waals surface area contributed by atoms with Gasteiger partial charge in [0.1, 0.15) is 0 Å². The molecule has 0 aromatic carbocycles. The molecule has 0 amide bonds. The van der Waals surface area contributed by atoms with Gasteiger partial charge in [0.2, 0.25) is 5.88 Å². The molecule has 72 valence electrons. The van der Waals surface area contributed by atoms with Crippen molar-refractivity contribution in [3.05, 3.63) is 46.3 Å². The third kappa shape index (κ3) is 1.66. The van der Waals surface area contributed by atoms with Gasteiger partial charge in [0.15, 0.2) is 0 Å². The molecule has 0 radical (unpaired) electrons. The summed E-state index contributed by atoms with van der Waals surface area (Å²) in [6.45, 7) is 0. The van der Waals surface area contributed by atoms with Crippen LogP contribution in [0.2, 0.25) is 0 Å². The van der Waals surface area contributed by atoms with Gasteiger partial charge in [0.25, 0.3) is 0 Å². The zero-order chi connectivity index (χ0) is 9.97. The Kier molecular flexibility index (Phi) is 2.06. The maximum atomic E-state index is 10.8. The molecule has 5 heteroatoms. The second-order valence-corrected chi connectivity index (χ2v) is 2.94. The SMILES string of the molecule is O=c1[nH]c(O)c(Cc2cccnc2)[nH]1. The van der Waals surface area contributed by atoms with E-state index in [-0.39, 0.29) is 5.88 Å². The molecule has 0 unspecified atom stereocenters. The molecule has 2 heterocycles. The Balaban J connectivity index is 2.27. The summed E-state index contributed by atoms with van der Waals surface area (Å²) in [5.74, 6) is -0.112. The van der Waals surface area contributed by atoms with Crippen LogP contribution >= 0.6 is 0 Å². The van der Waals surface area contributed by atoms with Gasteiger partial charge in [-0.15, -0.1) is 0 Å². The van der Waals surface area contributed by atoms with Crippen molar-refractivity contribution in [2.24, 2.45) is 0 Å². The van der Waals surface area contributed by atoms with Crippen molar-refractivity contribution in [1.29, 1.82) is 0 Å². The molecular weight excluding hydrogens is 182 g/mol. The molecule has 0 aliphatic carbocycles. The molecule has 0 saturated heterocycles. The number of hydrogen-bond acceptors (Lipinski definition) is 3. The fraction of sp³-hybridized carbons (Fsp3) is 0.111. The maximum Gasteiger partial charge on any atom is 0.325 e. The van der Waals surface area contributed by atoms with Crippen molar-refractivity contribution >= 4 is 0 Å². The average molecular weight is 191 g/mol. The normalized spacial score (nSPS) is 10.3. The predicted octanol–water partition coefficient (Wildman–Crippen LogP) is 0.394. The molecular formula is C9H9N3O2. The van der Waals surface area contributed by atoms with Gasteiger partial charge in [0, 0.05) is 18.8 Å². The fourth-order valence-corrected chi connectivity index (χ4v) is 1.25. The summed E-state index contributed by atoms with van der Waals surface area (Å²) >= 11 is 0. The van der Waals surface area contributed by atoms with E-state index in [1.54, 1.807) is 18.5 Å². The topological polar surface area (TPSA) is 81.8 Å². The number of nitrogens with zero attached hydrogens (tertiary/aromatic N) is 1. The van der Waals surface area contributed by atoms with Gasteiger partial charge < -0.3 is 10.1 Å². The number of aromatic hydroxyl groups is 1. The molecule has 2 rings (SSSR count). The van der Waals surface area contributed by atoms with Crippen LogP contribution in [-0.2, 0) is 6.42 Å². The number of pyridine rings is 1. The summed E-state index contributed by atoms with van der Waals surface area (Å²) < 4.78 is 0. The molecule has 0 fully saturated rings. The van der Waals surface area contributed by atoms with Gasteiger partial charge in [-0.2, -0.15) is 0 Å². The zero-order valence-corrected chi connectivity index (χ0v) is 7.32. The molecule has 2 aromatic rings. The highest BCUT2D eigenvalue weighted by atomic mass is 16.3. The van der Waals surface area contributed by atoms with E-state index in [4.69, 9.17) is 0 Å². The Labute approximate surface area is 79.5 Å². The van der Waals surface area contributed by atoms with Gasteiger partial charge in [-0.05, 0) is 11.6 Å². The smallest absolute Gasteiger partial charge is 0.325 e. The highest BCUT2D eigenvalue weighted by molar-refractivity contribution is 5.24. The number of aromatic nitrogens is 3. The molecule has 14 heavy (non-hydrogen) atoms. The maximum absolute atomic E-state index is 10.8. The second kappa shape index (κ2) is 3.37. The van der Waals surface area contributed by atoms with Crippen LogP contribution in [0.25, 0.3) is 0 Å². The quantitative estimate of drug-likeness (QED) is 0.642. The zero-order valence-electron chi connectivity index (χ0n) is 7.32. The van der Waals surface area contributed by atoms with E-state index in [2.05, 4.69) is 15.0 Å². The molecule has 0 spiro atoms. The van der Waals surface area contributed by atoms with E-state index in [0.29, 0.717) is 12.1 Å². The van der Waals surface area contributed by atoms with Crippen molar-refractivity contribution in [3.63, 3.8) is 0 Å². The molecule has 0 aliphatic rings. The Morgan fingerprint density at radius 1 is 1.43 bits per heavy atom. The minimum Gasteiger partial charge on any atom is -0.493 e. The molecule has 0 atom stereocenters. The van der Waals surface area contributed by atoms with Crippen LogP contribution in [0.15, 0.2) is 29.3 Å². The number of rotatable bonds is 2. The summed E-state index contributed by atoms with van der Waals surface area (Å²) in [6.07, 6.45) is 3.81. The Hall–Kier alpha value is -2.04.